The van der Waals surface area contributed by atoms with Gasteiger partial charge in [0.05, 0.1) is 27.1 Å². The van der Waals surface area contributed by atoms with Crippen LogP contribution in [0.4, 0.5) is 5.69 Å². The van der Waals surface area contributed by atoms with Gasteiger partial charge in [0.2, 0.25) is 11.8 Å². The van der Waals surface area contributed by atoms with E-state index < -0.39 is 11.3 Å². The largest absolute Gasteiger partial charge is 0.274 e. The van der Waals surface area contributed by atoms with E-state index in [1.54, 1.807) is 18.2 Å². The van der Waals surface area contributed by atoms with Crippen LogP contribution in [0.1, 0.15) is 41.0 Å². The summed E-state index contributed by atoms with van der Waals surface area (Å²) in [5.74, 6) is -1.09. The molecule has 4 aliphatic rings. The minimum Gasteiger partial charge on any atom is -0.274 e. The Morgan fingerprint density at radius 2 is 1.37 bits per heavy atom. The molecule has 1 heterocycles. The zero-order valence-corrected chi connectivity index (χ0v) is 17.6. The highest BCUT2D eigenvalue weighted by atomic mass is 35.5. The number of anilines is 1. The lowest BCUT2D eigenvalue weighted by Crippen LogP contribution is -2.49. The summed E-state index contributed by atoms with van der Waals surface area (Å²) >= 11 is 12.3. The Balaban J connectivity index is 1.61. The van der Waals surface area contributed by atoms with E-state index in [0.717, 1.165) is 22.3 Å². The van der Waals surface area contributed by atoms with Crippen molar-refractivity contribution < 1.29 is 9.59 Å². The molecule has 3 aliphatic carbocycles. The van der Waals surface area contributed by atoms with Gasteiger partial charge in [0, 0.05) is 11.8 Å². The molecule has 2 amide bonds. The average Bonchev–Trinajstić information content (AvgIpc) is 2.96. The fraction of sp³-hybridized carbons (Fsp3) is 0.200. The second kappa shape index (κ2) is 5.96. The number of nitrogens with zero attached hydrogens (tertiary/aromatic N) is 1. The van der Waals surface area contributed by atoms with Crippen LogP contribution in [0.5, 0.6) is 0 Å². The van der Waals surface area contributed by atoms with Gasteiger partial charge < -0.3 is 0 Å². The first kappa shape index (κ1) is 18.2. The van der Waals surface area contributed by atoms with Crippen molar-refractivity contribution in [1.29, 1.82) is 0 Å². The molecule has 2 unspecified atom stereocenters. The van der Waals surface area contributed by atoms with Crippen molar-refractivity contribution >= 4 is 40.7 Å². The summed E-state index contributed by atoms with van der Waals surface area (Å²) in [5.41, 5.74) is 4.23. The van der Waals surface area contributed by atoms with Gasteiger partial charge in [-0.2, -0.15) is 0 Å². The summed E-state index contributed by atoms with van der Waals surface area (Å²) in [6.45, 7) is 1.96. The van der Waals surface area contributed by atoms with Gasteiger partial charge >= 0.3 is 0 Å². The monoisotopic (exact) mass is 433 g/mol. The van der Waals surface area contributed by atoms with Crippen molar-refractivity contribution in [3.63, 3.8) is 0 Å². The van der Waals surface area contributed by atoms with Crippen molar-refractivity contribution in [1.82, 2.24) is 0 Å². The van der Waals surface area contributed by atoms with Gasteiger partial charge in [0.15, 0.2) is 0 Å². The third kappa shape index (κ3) is 2.02. The lowest BCUT2D eigenvalue weighted by Gasteiger charge is -2.51. The Morgan fingerprint density at radius 3 is 1.93 bits per heavy atom. The van der Waals surface area contributed by atoms with E-state index in [1.165, 1.54) is 4.90 Å². The normalized spacial score (nSPS) is 28.4. The van der Waals surface area contributed by atoms with E-state index in [1.807, 2.05) is 31.2 Å². The first-order valence-electron chi connectivity index (χ1n) is 9.95. The lowest BCUT2D eigenvalue weighted by molar-refractivity contribution is -0.128. The lowest BCUT2D eigenvalue weighted by atomic mass is 9.48. The van der Waals surface area contributed by atoms with Crippen LogP contribution >= 0.6 is 23.2 Å². The molecule has 0 aromatic heterocycles. The van der Waals surface area contributed by atoms with Crippen LogP contribution in [0.25, 0.3) is 0 Å². The van der Waals surface area contributed by atoms with Gasteiger partial charge in [0.1, 0.15) is 0 Å². The predicted molar refractivity (Wildman–Crippen MR) is 117 cm³/mol. The molecule has 148 valence electrons. The van der Waals surface area contributed by atoms with Crippen LogP contribution < -0.4 is 4.90 Å². The Hall–Kier alpha value is -2.62. The number of carbonyl (C=O) groups is 2. The minimum atomic E-state index is -0.851. The molecule has 30 heavy (non-hydrogen) atoms. The summed E-state index contributed by atoms with van der Waals surface area (Å²) in [4.78, 5) is 29.0. The summed E-state index contributed by atoms with van der Waals surface area (Å²) in [7, 11) is 0. The molecule has 2 atom stereocenters. The van der Waals surface area contributed by atoms with Crippen LogP contribution in [0.3, 0.4) is 0 Å². The number of benzene rings is 3. The first-order chi connectivity index (χ1) is 14.4. The highest BCUT2D eigenvalue weighted by Gasteiger charge is 2.68. The van der Waals surface area contributed by atoms with Gasteiger partial charge in [-0.05, 0) is 47.4 Å². The summed E-state index contributed by atoms with van der Waals surface area (Å²) < 4.78 is 0. The smallest absolute Gasteiger partial charge is 0.241 e. The number of imide groups is 1. The zero-order valence-electron chi connectivity index (χ0n) is 16.1. The summed E-state index contributed by atoms with van der Waals surface area (Å²) in [6.07, 6.45) is 0. The molecule has 0 radical (unpaired) electrons. The van der Waals surface area contributed by atoms with E-state index >= 15 is 0 Å². The third-order valence-corrected chi connectivity index (χ3v) is 7.91. The molecule has 2 bridgehead atoms. The third-order valence-electron chi connectivity index (χ3n) is 7.17. The molecule has 3 aromatic carbocycles. The predicted octanol–water partition coefficient (Wildman–Crippen LogP) is 5.78. The van der Waals surface area contributed by atoms with E-state index in [-0.39, 0.29) is 23.7 Å². The summed E-state index contributed by atoms with van der Waals surface area (Å²) in [6, 6.07) is 21.4. The van der Waals surface area contributed by atoms with E-state index in [0.29, 0.717) is 15.7 Å². The first-order valence-corrected chi connectivity index (χ1v) is 10.7. The topological polar surface area (TPSA) is 37.4 Å². The number of rotatable bonds is 1. The molecule has 5 heteroatoms. The molecule has 1 fully saturated rings. The Morgan fingerprint density at radius 1 is 0.800 bits per heavy atom. The molecule has 0 N–H and O–H groups in total. The molecule has 3 nitrogen and oxygen atoms in total. The van der Waals surface area contributed by atoms with Crippen molar-refractivity contribution in [3.05, 3.63) is 99.0 Å². The van der Waals surface area contributed by atoms with E-state index in [9.17, 15) is 9.59 Å². The number of hydrogen-bond donors (Lipinski definition) is 0. The average molecular weight is 434 g/mol. The molecule has 0 saturated carbocycles. The second-order valence-electron chi connectivity index (χ2n) is 8.51. The van der Waals surface area contributed by atoms with Crippen LogP contribution in [0.15, 0.2) is 66.7 Å². The summed E-state index contributed by atoms with van der Waals surface area (Å²) in [5, 5.41) is 0.715. The Bertz CT molecular complexity index is 1220. The van der Waals surface area contributed by atoms with Crippen molar-refractivity contribution in [3.8, 4) is 0 Å². The van der Waals surface area contributed by atoms with Gasteiger partial charge in [-0.3, -0.25) is 9.59 Å². The maximum absolute atomic E-state index is 13.9. The number of carbonyl (C=O) groups excluding carboxylic acids is 2. The van der Waals surface area contributed by atoms with Crippen molar-refractivity contribution in [2.24, 2.45) is 11.3 Å². The van der Waals surface area contributed by atoms with Crippen LogP contribution in [0.2, 0.25) is 10.0 Å². The maximum Gasteiger partial charge on any atom is 0.241 e. The van der Waals surface area contributed by atoms with Gasteiger partial charge in [-0.1, -0.05) is 71.7 Å². The molecular formula is C25H17Cl2NO2. The van der Waals surface area contributed by atoms with Crippen molar-refractivity contribution in [2.45, 2.75) is 18.8 Å². The van der Waals surface area contributed by atoms with Crippen LogP contribution in [-0.4, -0.2) is 11.8 Å². The molecule has 1 saturated heterocycles. The maximum atomic E-state index is 13.9. The standard InChI is InChI=1S/C25H17Cl2NO2/c1-25-21-16-8-4-2-6-14(16)20(15-7-3-5-9-17(15)21)22(25)23(29)28(24(25)30)13-10-11-18(26)19(27)12-13/h2-12,20-22H,1H3. The zero-order chi connectivity index (χ0) is 20.8. The second-order valence-corrected chi connectivity index (χ2v) is 9.32. The van der Waals surface area contributed by atoms with Crippen LogP contribution in [0, 0.1) is 11.3 Å². The molecular weight excluding hydrogens is 417 g/mol. The SMILES string of the molecule is CC12C(=O)N(c3ccc(Cl)c(Cl)c3)C(=O)C1C1c3ccccc3C2c2ccccc21. The van der Waals surface area contributed by atoms with Crippen LogP contribution in [-0.2, 0) is 9.59 Å². The van der Waals surface area contributed by atoms with Gasteiger partial charge in [-0.15, -0.1) is 0 Å². The Labute approximate surface area is 184 Å². The van der Waals surface area contributed by atoms with Gasteiger partial charge in [0.25, 0.3) is 0 Å². The molecule has 3 aromatic rings. The molecule has 7 rings (SSSR count). The quantitative estimate of drug-likeness (QED) is 0.456. The molecule has 0 spiro atoms. The minimum absolute atomic E-state index is 0.142. The molecule has 1 aliphatic heterocycles. The van der Waals surface area contributed by atoms with Gasteiger partial charge in [-0.25, -0.2) is 4.90 Å². The fourth-order valence-corrected chi connectivity index (χ4v) is 6.28. The highest BCUT2D eigenvalue weighted by Crippen LogP contribution is 2.67. The van der Waals surface area contributed by atoms with E-state index in [4.69, 9.17) is 23.2 Å². The number of halogens is 2. The van der Waals surface area contributed by atoms with Crippen molar-refractivity contribution in [2.75, 3.05) is 4.90 Å². The van der Waals surface area contributed by atoms with E-state index in [2.05, 4.69) is 24.3 Å². The fourth-order valence-electron chi connectivity index (χ4n) is 5.98. The Kier molecular flexibility index (Phi) is 3.61. The highest BCUT2D eigenvalue weighted by molar-refractivity contribution is 6.42. The number of amides is 2. The number of hydrogen-bond acceptors (Lipinski definition) is 2.